The summed E-state index contributed by atoms with van der Waals surface area (Å²) in [5.74, 6) is -1.24. The maximum atomic E-state index is 12.5. The standard InChI is InChI=1S/C19H18N2O6S/c1-2-26-18(24)15-13(10-27-17(23)11-5-7-12(22)8-6-11)20-19(25)21-16(15)14-4-3-9-28-14/h3-9,16,22H,2,10H2,1H3,(H2,20,21,25). The van der Waals surface area contributed by atoms with Gasteiger partial charge in [-0.05, 0) is 42.6 Å². The highest BCUT2D eigenvalue weighted by molar-refractivity contribution is 7.10. The number of rotatable bonds is 6. The van der Waals surface area contributed by atoms with Crippen molar-refractivity contribution < 1.29 is 29.0 Å². The number of hydrogen-bond acceptors (Lipinski definition) is 7. The van der Waals surface area contributed by atoms with Gasteiger partial charge in [0.05, 0.1) is 29.5 Å². The van der Waals surface area contributed by atoms with Gasteiger partial charge in [-0.3, -0.25) is 0 Å². The van der Waals surface area contributed by atoms with Crippen molar-refractivity contribution >= 4 is 29.3 Å². The Kier molecular flexibility index (Phi) is 5.95. The topological polar surface area (TPSA) is 114 Å². The van der Waals surface area contributed by atoms with Crippen LogP contribution in [0.1, 0.15) is 28.2 Å². The molecule has 1 aliphatic heterocycles. The molecule has 0 spiro atoms. The Morgan fingerprint density at radius 2 is 1.89 bits per heavy atom. The van der Waals surface area contributed by atoms with Crippen LogP contribution in [0.2, 0.25) is 0 Å². The Hall–Kier alpha value is -3.33. The van der Waals surface area contributed by atoms with Crippen LogP contribution in [0.25, 0.3) is 0 Å². The minimum atomic E-state index is -0.699. The van der Waals surface area contributed by atoms with E-state index < -0.39 is 24.0 Å². The lowest BCUT2D eigenvalue weighted by Gasteiger charge is -2.28. The zero-order valence-electron chi connectivity index (χ0n) is 14.9. The molecule has 1 aromatic carbocycles. The Labute approximate surface area is 164 Å². The van der Waals surface area contributed by atoms with Gasteiger partial charge < -0.3 is 25.2 Å². The summed E-state index contributed by atoms with van der Waals surface area (Å²) < 4.78 is 10.4. The van der Waals surface area contributed by atoms with Gasteiger partial charge >= 0.3 is 18.0 Å². The van der Waals surface area contributed by atoms with E-state index in [0.717, 1.165) is 4.88 Å². The quantitative estimate of drug-likeness (QED) is 0.640. The molecule has 0 bridgehead atoms. The van der Waals surface area contributed by atoms with Crippen molar-refractivity contribution in [2.24, 2.45) is 0 Å². The van der Waals surface area contributed by atoms with E-state index in [1.807, 2.05) is 11.4 Å². The van der Waals surface area contributed by atoms with Crippen molar-refractivity contribution in [3.63, 3.8) is 0 Å². The first-order valence-electron chi connectivity index (χ1n) is 8.46. The zero-order valence-corrected chi connectivity index (χ0v) is 15.7. The molecule has 2 heterocycles. The van der Waals surface area contributed by atoms with E-state index in [1.165, 1.54) is 35.6 Å². The second kappa shape index (κ2) is 8.57. The molecule has 2 amide bonds. The summed E-state index contributed by atoms with van der Waals surface area (Å²) in [5.41, 5.74) is 0.571. The SMILES string of the molecule is CCOC(=O)C1=C(COC(=O)c2ccc(O)cc2)NC(=O)NC1c1cccs1. The number of carbonyl (C=O) groups is 3. The fraction of sp³-hybridized carbons (Fsp3) is 0.211. The van der Waals surface area contributed by atoms with Crippen molar-refractivity contribution in [1.29, 1.82) is 0 Å². The predicted molar refractivity (Wildman–Crippen MR) is 101 cm³/mol. The molecule has 2 aromatic rings. The largest absolute Gasteiger partial charge is 0.508 e. The lowest BCUT2D eigenvalue weighted by Crippen LogP contribution is -2.46. The minimum Gasteiger partial charge on any atom is -0.508 e. The Bertz CT molecular complexity index is 905. The summed E-state index contributed by atoms with van der Waals surface area (Å²) in [7, 11) is 0. The second-order valence-electron chi connectivity index (χ2n) is 5.78. The fourth-order valence-corrected chi connectivity index (χ4v) is 3.45. The Morgan fingerprint density at radius 1 is 1.14 bits per heavy atom. The third-order valence-electron chi connectivity index (χ3n) is 3.93. The molecule has 1 atom stereocenters. The van der Waals surface area contributed by atoms with Gasteiger partial charge in [-0.25, -0.2) is 14.4 Å². The maximum absolute atomic E-state index is 12.5. The molecule has 3 rings (SSSR count). The van der Waals surface area contributed by atoms with Crippen molar-refractivity contribution in [3.8, 4) is 5.75 Å². The van der Waals surface area contributed by atoms with Crippen molar-refractivity contribution in [1.82, 2.24) is 10.6 Å². The summed E-state index contributed by atoms with van der Waals surface area (Å²) in [6.07, 6.45) is 0. The molecule has 0 aliphatic carbocycles. The summed E-state index contributed by atoms with van der Waals surface area (Å²) in [6.45, 7) is 1.52. The number of benzene rings is 1. The van der Waals surface area contributed by atoms with Gasteiger partial charge in [0.1, 0.15) is 12.4 Å². The molecule has 1 unspecified atom stereocenters. The van der Waals surface area contributed by atoms with Gasteiger partial charge in [0.25, 0.3) is 0 Å². The van der Waals surface area contributed by atoms with Crippen LogP contribution in [0, 0.1) is 0 Å². The molecule has 1 aromatic heterocycles. The van der Waals surface area contributed by atoms with Crippen molar-refractivity contribution in [2.75, 3.05) is 13.2 Å². The Morgan fingerprint density at radius 3 is 2.54 bits per heavy atom. The molecule has 0 fully saturated rings. The van der Waals surface area contributed by atoms with E-state index in [2.05, 4.69) is 10.6 Å². The van der Waals surface area contributed by atoms with E-state index in [1.54, 1.807) is 13.0 Å². The number of carbonyl (C=O) groups excluding carboxylic acids is 3. The first-order chi connectivity index (χ1) is 13.5. The Balaban J connectivity index is 1.87. The molecule has 0 saturated heterocycles. The number of hydrogen-bond donors (Lipinski definition) is 3. The van der Waals surface area contributed by atoms with E-state index in [-0.39, 0.29) is 35.8 Å². The number of esters is 2. The molecule has 0 radical (unpaired) electrons. The van der Waals surface area contributed by atoms with E-state index in [9.17, 15) is 19.5 Å². The molecule has 1 aliphatic rings. The monoisotopic (exact) mass is 402 g/mol. The summed E-state index contributed by atoms with van der Waals surface area (Å²) in [6, 6.07) is 7.93. The highest BCUT2D eigenvalue weighted by atomic mass is 32.1. The summed E-state index contributed by atoms with van der Waals surface area (Å²) in [4.78, 5) is 37.6. The second-order valence-corrected chi connectivity index (χ2v) is 6.76. The number of phenols is 1. The molecule has 9 heteroatoms. The van der Waals surface area contributed by atoms with Crippen LogP contribution in [0.4, 0.5) is 4.79 Å². The fourth-order valence-electron chi connectivity index (χ4n) is 2.67. The number of thiophene rings is 1. The van der Waals surface area contributed by atoms with Crippen LogP contribution >= 0.6 is 11.3 Å². The van der Waals surface area contributed by atoms with E-state index >= 15 is 0 Å². The first-order valence-corrected chi connectivity index (χ1v) is 9.34. The number of urea groups is 1. The molecular weight excluding hydrogens is 384 g/mol. The number of phenolic OH excluding ortho intramolecular Hbond substituents is 1. The summed E-state index contributed by atoms with van der Waals surface area (Å²) >= 11 is 1.38. The molecule has 28 heavy (non-hydrogen) atoms. The third-order valence-corrected chi connectivity index (χ3v) is 4.86. The molecule has 3 N–H and O–H groups in total. The van der Waals surface area contributed by atoms with Crippen LogP contribution < -0.4 is 10.6 Å². The minimum absolute atomic E-state index is 0.0215. The maximum Gasteiger partial charge on any atom is 0.338 e. The number of amides is 2. The smallest absolute Gasteiger partial charge is 0.338 e. The predicted octanol–water partition coefficient (Wildman–Crippen LogP) is 2.48. The third kappa shape index (κ3) is 4.32. The zero-order chi connectivity index (χ0) is 20.1. The van der Waals surface area contributed by atoms with E-state index in [4.69, 9.17) is 9.47 Å². The highest BCUT2D eigenvalue weighted by Gasteiger charge is 2.34. The van der Waals surface area contributed by atoms with Gasteiger partial charge in [-0.2, -0.15) is 0 Å². The molecule has 0 saturated carbocycles. The van der Waals surface area contributed by atoms with Crippen LogP contribution in [0.15, 0.2) is 53.0 Å². The van der Waals surface area contributed by atoms with Gasteiger partial charge in [0.15, 0.2) is 0 Å². The van der Waals surface area contributed by atoms with Crippen molar-refractivity contribution in [3.05, 3.63) is 63.5 Å². The first kappa shape index (κ1) is 19.4. The van der Waals surface area contributed by atoms with Gasteiger partial charge in [0, 0.05) is 4.88 Å². The van der Waals surface area contributed by atoms with Crippen LogP contribution in [-0.2, 0) is 14.3 Å². The van der Waals surface area contributed by atoms with Gasteiger partial charge in [0.2, 0.25) is 0 Å². The van der Waals surface area contributed by atoms with Crippen LogP contribution in [-0.4, -0.2) is 36.3 Å². The van der Waals surface area contributed by atoms with Crippen LogP contribution in [0.3, 0.4) is 0 Å². The summed E-state index contributed by atoms with van der Waals surface area (Å²) in [5, 5.41) is 16.4. The lowest BCUT2D eigenvalue weighted by atomic mass is 10.0. The highest BCUT2D eigenvalue weighted by Crippen LogP contribution is 2.30. The number of ether oxygens (including phenoxy) is 2. The van der Waals surface area contributed by atoms with Gasteiger partial charge in [-0.15, -0.1) is 11.3 Å². The molecule has 146 valence electrons. The molecule has 8 nitrogen and oxygen atoms in total. The van der Waals surface area contributed by atoms with Crippen molar-refractivity contribution in [2.45, 2.75) is 13.0 Å². The van der Waals surface area contributed by atoms with Crippen LogP contribution in [0.5, 0.6) is 5.75 Å². The number of aromatic hydroxyl groups is 1. The normalized spacial score (nSPS) is 16.2. The average molecular weight is 402 g/mol. The van der Waals surface area contributed by atoms with Gasteiger partial charge in [-0.1, -0.05) is 6.07 Å². The number of nitrogens with one attached hydrogen (secondary N) is 2. The van der Waals surface area contributed by atoms with E-state index in [0.29, 0.717) is 0 Å². The molecular formula is C19H18N2O6S. The lowest BCUT2D eigenvalue weighted by molar-refractivity contribution is -0.139. The average Bonchev–Trinajstić information content (AvgIpc) is 3.21.